The van der Waals surface area contributed by atoms with E-state index < -0.39 is 0 Å². The highest BCUT2D eigenvalue weighted by atomic mass is 16.5. The second-order valence-corrected chi connectivity index (χ2v) is 6.31. The maximum absolute atomic E-state index is 12.6. The van der Waals surface area contributed by atoms with Gasteiger partial charge in [0.05, 0.1) is 23.8 Å². The third-order valence-corrected chi connectivity index (χ3v) is 4.39. The Kier molecular flexibility index (Phi) is 5.98. The molecule has 1 N–H and O–H groups in total. The van der Waals surface area contributed by atoms with Gasteiger partial charge in [0.2, 0.25) is 5.91 Å². The van der Waals surface area contributed by atoms with Crippen molar-refractivity contribution in [2.75, 3.05) is 11.9 Å². The summed E-state index contributed by atoms with van der Waals surface area (Å²) in [6.45, 7) is 5.18. The van der Waals surface area contributed by atoms with Gasteiger partial charge in [-0.3, -0.25) is 14.2 Å². The van der Waals surface area contributed by atoms with E-state index in [1.54, 1.807) is 6.07 Å². The predicted molar refractivity (Wildman–Crippen MR) is 106 cm³/mol. The number of aryl methyl sites for hydroxylation is 2. The molecule has 0 radical (unpaired) electrons. The fourth-order valence-corrected chi connectivity index (χ4v) is 2.91. The van der Waals surface area contributed by atoms with Crippen LogP contribution in [0.2, 0.25) is 0 Å². The Bertz CT molecular complexity index is 1010. The third kappa shape index (κ3) is 4.41. The lowest BCUT2D eigenvalue weighted by molar-refractivity contribution is -0.116. The predicted octanol–water partition coefficient (Wildman–Crippen LogP) is 3.27. The maximum Gasteiger partial charge on any atom is 0.261 e. The zero-order chi connectivity index (χ0) is 19.2. The number of ether oxygens (including phenoxy) is 1. The molecule has 2 aromatic carbocycles. The van der Waals surface area contributed by atoms with Crippen LogP contribution in [0.25, 0.3) is 10.9 Å². The number of aromatic nitrogens is 2. The number of nitrogens with one attached hydrogen (secondary N) is 1. The van der Waals surface area contributed by atoms with Gasteiger partial charge in [-0.05, 0) is 31.5 Å². The summed E-state index contributed by atoms with van der Waals surface area (Å²) in [7, 11) is 0. The normalized spacial score (nSPS) is 10.9. The van der Waals surface area contributed by atoms with Crippen LogP contribution in [0.4, 0.5) is 5.69 Å². The SMILES string of the molecule is CCOCc1ccccc1NC(=O)CCn1cnc2c(C)cccc2c1=O. The van der Waals surface area contributed by atoms with Crippen molar-refractivity contribution in [3.8, 4) is 0 Å². The van der Waals surface area contributed by atoms with E-state index in [0.717, 1.165) is 16.8 Å². The van der Waals surface area contributed by atoms with Crippen molar-refractivity contribution in [2.24, 2.45) is 0 Å². The van der Waals surface area contributed by atoms with Crippen LogP contribution in [0.5, 0.6) is 0 Å². The number of benzene rings is 2. The Hall–Kier alpha value is -2.99. The Balaban J connectivity index is 1.69. The lowest BCUT2D eigenvalue weighted by Crippen LogP contribution is -2.24. The highest BCUT2D eigenvalue weighted by molar-refractivity contribution is 5.91. The molecule has 1 aromatic heterocycles. The minimum atomic E-state index is -0.157. The molecule has 0 aliphatic heterocycles. The van der Waals surface area contributed by atoms with Gasteiger partial charge in [-0.15, -0.1) is 0 Å². The van der Waals surface area contributed by atoms with Gasteiger partial charge in [-0.2, -0.15) is 0 Å². The van der Waals surface area contributed by atoms with Crippen molar-refractivity contribution in [1.82, 2.24) is 9.55 Å². The van der Waals surface area contributed by atoms with Gasteiger partial charge >= 0.3 is 0 Å². The number of rotatable bonds is 7. The average molecular weight is 365 g/mol. The minimum Gasteiger partial charge on any atom is -0.377 e. The van der Waals surface area contributed by atoms with Crippen molar-refractivity contribution >= 4 is 22.5 Å². The highest BCUT2D eigenvalue weighted by Gasteiger charge is 2.10. The van der Waals surface area contributed by atoms with Gasteiger partial charge in [0, 0.05) is 30.8 Å². The first-order valence-corrected chi connectivity index (χ1v) is 9.00. The van der Waals surface area contributed by atoms with Crippen LogP contribution in [0.3, 0.4) is 0 Å². The average Bonchev–Trinajstić information content (AvgIpc) is 2.67. The molecule has 3 aromatic rings. The van der Waals surface area contributed by atoms with Crippen molar-refractivity contribution < 1.29 is 9.53 Å². The van der Waals surface area contributed by atoms with E-state index in [4.69, 9.17) is 4.74 Å². The first-order chi connectivity index (χ1) is 13.1. The zero-order valence-electron chi connectivity index (χ0n) is 15.6. The van der Waals surface area contributed by atoms with Crippen molar-refractivity contribution in [1.29, 1.82) is 0 Å². The smallest absolute Gasteiger partial charge is 0.261 e. The van der Waals surface area contributed by atoms with Gasteiger partial charge in [-0.25, -0.2) is 4.98 Å². The van der Waals surface area contributed by atoms with Gasteiger partial charge in [0.1, 0.15) is 0 Å². The highest BCUT2D eigenvalue weighted by Crippen LogP contribution is 2.16. The van der Waals surface area contributed by atoms with Crippen LogP contribution in [-0.4, -0.2) is 22.1 Å². The number of hydrogen-bond donors (Lipinski definition) is 1. The monoisotopic (exact) mass is 365 g/mol. The molecule has 3 rings (SSSR count). The molecule has 1 heterocycles. The summed E-state index contributed by atoms with van der Waals surface area (Å²) in [6.07, 6.45) is 1.69. The van der Waals surface area contributed by atoms with Crippen LogP contribution >= 0.6 is 0 Å². The van der Waals surface area contributed by atoms with Crippen LogP contribution < -0.4 is 10.9 Å². The van der Waals surface area contributed by atoms with E-state index in [1.165, 1.54) is 10.9 Å². The minimum absolute atomic E-state index is 0.131. The molecule has 0 fully saturated rings. The lowest BCUT2D eigenvalue weighted by atomic mass is 10.1. The van der Waals surface area contributed by atoms with E-state index in [0.29, 0.717) is 24.1 Å². The van der Waals surface area contributed by atoms with Crippen molar-refractivity contribution in [3.05, 3.63) is 70.3 Å². The lowest BCUT2D eigenvalue weighted by Gasteiger charge is -2.12. The third-order valence-electron chi connectivity index (χ3n) is 4.39. The van der Waals surface area contributed by atoms with Gasteiger partial charge in [0.15, 0.2) is 0 Å². The molecule has 0 aliphatic rings. The van der Waals surface area contributed by atoms with Crippen LogP contribution in [0, 0.1) is 6.92 Å². The first kappa shape index (κ1) is 18.8. The largest absolute Gasteiger partial charge is 0.377 e. The molecule has 0 saturated heterocycles. The number of para-hydroxylation sites is 2. The molecule has 0 aliphatic carbocycles. The molecular weight excluding hydrogens is 342 g/mol. The summed E-state index contributed by atoms with van der Waals surface area (Å²) >= 11 is 0. The summed E-state index contributed by atoms with van der Waals surface area (Å²) in [5.41, 5.74) is 3.19. The van der Waals surface area contributed by atoms with Gasteiger partial charge in [0.25, 0.3) is 5.56 Å². The van der Waals surface area contributed by atoms with E-state index in [1.807, 2.05) is 50.2 Å². The molecule has 140 valence electrons. The summed E-state index contributed by atoms with van der Waals surface area (Å²) < 4.78 is 6.91. The Morgan fingerprint density at radius 2 is 2.00 bits per heavy atom. The Morgan fingerprint density at radius 1 is 1.19 bits per heavy atom. The molecule has 0 bridgehead atoms. The summed E-state index contributed by atoms with van der Waals surface area (Å²) in [5.74, 6) is -0.157. The number of carbonyl (C=O) groups excluding carboxylic acids is 1. The van der Waals surface area contributed by atoms with E-state index in [2.05, 4.69) is 10.3 Å². The molecule has 1 amide bonds. The standard InChI is InChI=1S/C21H23N3O3/c1-3-27-13-16-8-4-5-10-18(16)23-19(25)11-12-24-14-22-20-15(2)7-6-9-17(20)21(24)26/h4-10,14H,3,11-13H2,1-2H3,(H,23,25). The molecule has 27 heavy (non-hydrogen) atoms. The van der Waals surface area contributed by atoms with E-state index in [-0.39, 0.29) is 24.4 Å². The second-order valence-electron chi connectivity index (χ2n) is 6.31. The zero-order valence-corrected chi connectivity index (χ0v) is 15.6. The molecular formula is C21H23N3O3. The fourth-order valence-electron chi connectivity index (χ4n) is 2.91. The van der Waals surface area contributed by atoms with Crippen molar-refractivity contribution in [3.63, 3.8) is 0 Å². The molecule has 6 heteroatoms. The summed E-state index contributed by atoms with van der Waals surface area (Å²) in [6, 6.07) is 13.1. The van der Waals surface area contributed by atoms with E-state index >= 15 is 0 Å². The number of amides is 1. The topological polar surface area (TPSA) is 73.2 Å². The maximum atomic E-state index is 12.6. The quantitative estimate of drug-likeness (QED) is 0.697. The Labute approximate surface area is 157 Å². The number of hydrogen-bond acceptors (Lipinski definition) is 4. The molecule has 0 atom stereocenters. The van der Waals surface area contributed by atoms with Crippen LogP contribution in [-0.2, 0) is 22.7 Å². The molecule has 0 saturated carbocycles. The summed E-state index contributed by atoms with van der Waals surface area (Å²) in [4.78, 5) is 29.3. The number of carbonyl (C=O) groups is 1. The van der Waals surface area contributed by atoms with Crippen molar-refractivity contribution in [2.45, 2.75) is 33.4 Å². The van der Waals surface area contributed by atoms with Crippen LogP contribution in [0.1, 0.15) is 24.5 Å². The summed E-state index contributed by atoms with van der Waals surface area (Å²) in [5, 5.41) is 3.47. The fraction of sp³-hybridized carbons (Fsp3) is 0.286. The Morgan fingerprint density at radius 3 is 2.81 bits per heavy atom. The number of anilines is 1. The first-order valence-electron chi connectivity index (χ1n) is 9.00. The van der Waals surface area contributed by atoms with Crippen LogP contribution in [0.15, 0.2) is 53.6 Å². The molecule has 6 nitrogen and oxygen atoms in total. The number of nitrogens with zero attached hydrogens (tertiary/aromatic N) is 2. The van der Waals surface area contributed by atoms with Gasteiger partial charge < -0.3 is 10.1 Å². The number of fused-ring (bicyclic) bond motifs is 1. The molecule has 0 spiro atoms. The second kappa shape index (κ2) is 8.60. The molecule has 0 unspecified atom stereocenters. The van der Waals surface area contributed by atoms with Gasteiger partial charge in [-0.1, -0.05) is 30.3 Å². The van der Waals surface area contributed by atoms with E-state index in [9.17, 15) is 9.59 Å².